The van der Waals surface area contributed by atoms with Gasteiger partial charge in [0.25, 0.3) is 5.91 Å². The van der Waals surface area contributed by atoms with E-state index in [0.29, 0.717) is 41.7 Å². The molecular weight excluding hydrogens is 640 g/mol. The summed E-state index contributed by atoms with van der Waals surface area (Å²) >= 11 is 0. The van der Waals surface area contributed by atoms with E-state index in [1.165, 1.54) is 0 Å². The number of methoxy groups -OCH3 is 2. The van der Waals surface area contributed by atoms with Crippen molar-refractivity contribution in [1.82, 2.24) is 5.32 Å². The van der Waals surface area contributed by atoms with Crippen molar-refractivity contribution in [1.29, 1.82) is 0 Å². The molecule has 8 nitrogen and oxygen atoms in total. The van der Waals surface area contributed by atoms with E-state index >= 15 is 0 Å². The molecule has 0 fully saturated rings. The molecule has 0 saturated carbocycles. The Bertz CT molecular complexity index is 1940. The van der Waals surface area contributed by atoms with Gasteiger partial charge in [0.05, 0.1) is 20.8 Å². The number of hydrogen-bond donors (Lipinski definition) is 2. The molecule has 2 N–H and O–H groups in total. The van der Waals surface area contributed by atoms with Gasteiger partial charge in [0, 0.05) is 37.1 Å². The number of hydrogen-bond acceptors (Lipinski definition) is 7. The van der Waals surface area contributed by atoms with E-state index in [-0.39, 0.29) is 25.5 Å². The van der Waals surface area contributed by atoms with Crippen LogP contribution in [-0.2, 0) is 16.1 Å². The highest BCUT2D eigenvalue weighted by atomic mass is 16.5. The molecule has 0 aromatic heterocycles. The van der Waals surface area contributed by atoms with Crippen LogP contribution in [-0.4, -0.2) is 49.9 Å². The first-order valence-corrected chi connectivity index (χ1v) is 17.0. The highest BCUT2D eigenvalue weighted by Gasteiger charge is 2.52. The lowest BCUT2D eigenvalue weighted by molar-refractivity contribution is -0.129. The summed E-state index contributed by atoms with van der Waals surface area (Å²) in [4.78, 5) is 19.9. The number of para-hydroxylation sites is 1. The number of benzene rings is 5. The fourth-order valence-corrected chi connectivity index (χ4v) is 6.16. The third-order valence-corrected chi connectivity index (χ3v) is 8.81. The van der Waals surface area contributed by atoms with E-state index in [4.69, 9.17) is 29.0 Å². The van der Waals surface area contributed by atoms with Gasteiger partial charge in [-0.25, -0.2) is 4.99 Å². The topological polar surface area (TPSA) is 98.6 Å². The first kappa shape index (κ1) is 35.0. The van der Waals surface area contributed by atoms with Crippen molar-refractivity contribution in [2.45, 2.75) is 31.0 Å². The second-order valence-corrected chi connectivity index (χ2v) is 12.1. The molecule has 8 heteroatoms. The minimum atomic E-state index is -1.36. The van der Waals surface area contributed by atoms with Gasteiger partial charge in [-0.2, -0.15) is 0 Å². The van der Waals surface area contributed by atoms with Crippen molar-refractivity contribution >= 4 is 17.9 Å². The Balaban J connectivity index is 1.40. The zero-order valence-corrected chi connectivity index (χ0v) is 28.8. The number of carbonyl (C=O) groups excluding carboxylic acids is 1. The van der Waals surface area contributed by atoms with Crippen LogP contribution < -0.4 is 19.5 Å². The largest absolute Gasteiger partial charge is 0.494 e. The van der Waals surface area contributed by atoms with Crippen LogP contribution in [0.5, 0.6) is 17.2 Å². The highest BCUT2D eigenvalue weighted by Crippen LogP contribution is 2.44. The molecule has 0 saturated heterocycles. The molecule has 260 valence electrons. The third kappa shape index (κ3) is 8.14. The standard InChI is InChI=1S/C43H42N2O6/c1-48-38-18-9-17-36(39(38)49-2)30-44-42(47)43(27-10-14-31-12-5-3-6-13-31)40(34-21-19-33(20-22-34)32-15-7-4-8-16-32)51-41(45-43)35-23-25-37(26-24-35)50-29-11-28-46/h3-10,12-26,40,46H,11,27-30H2,1-2H3,(H,44,47)/b14-10+/t40-,43-/m1/s1. The van der Waals surface area contributed by atoms with Crippen LogP contribution >= 0.6 is 0 Å². The number of nitrogens with one attached hydrogen (secondary N) is 1. The summed E-state index contributed by atoms with van der Waals surface area (Å²) in [7, 11) is 3.17. The molecule has 6 rings (SSSR count). The molecule has 5 aromatic rings. The van der Waals surface area contributed by atoms with Gasteiger partial charge in [0.1, 0.15) is 5.75 Å². The van der Waals surface area contributed by atoms with Crippen molar-refractivity contribution in [3.8, 4) is 28.4 Å². The van der Waals surface area contributed by atoms with Crippen molar-refractivity contribution < 1.29 is 28.8 Å². The van der Waals surface area contributed by atoms with Gasteiger partial charge in [0.2, 0.25) is 5.90 Å². The minimum absolute atomic E-state index is 0.0594. The van der Waals surface area contributed by atoms with Gasteiger partial charge in [-0.1, -0.05) is 109 Å². The summed E-state index contributed by atoms with van der Waals surface area (Å²) < 4.78 is 23.6. The van der Waals surface area contributed by atoms with Gasteiger partial charge in [-0.3, -0.25) is 4.79 Å². The summed E-state index contributed by atoms with van der Waals surface area (Å²) in [6.07, 6.45) is 4.05. The summed E-state index contributed by atoms with van der Waals surface area (Å²) in [6, 6.07) is 41.2. The monoisotopic (exact) mass is 682 g/mol. The van der Waals surface area contributed by atoms with E-state index in [9.17, 15) is 4.79 Å². The number of amides is 1. The Kier molecular flexibility index (Phi) is 11.5. The molecule has 0 unspecified atom stereocenters. The van der Waals surface area contributed by atoms with Crippen LogP contribution in [0.25, 0.3) is 17.2 Å². The van der Waals surface area contributed by atoms with Gasteiger partial charge in [-0.05, 0) is 52.6 Å². The summed E-state index contributed by atoms with van der Waals surface area (Å²) in [5.41, 5.74) is 4.10. The molecule has 2 atom stereocenters. The summed E-state index contributed by atoms with van der Waals surface area (Å²) in [6.45, 7) is 0.654. The van der Waals surface area contributed by atoms with Crippen molar-refractivity contribution in [2.75, 3.05) is 27.4 Å². The molecule has 0 spiro atoms. The molecule has 0 aliphatic carbocycles. The van der Waals surface area contributed by atoms with E-state index in [0.717, 1.165) is 27.8 Å². The Morgan fingerprint density at radius 2 is 1.51 bits per heavy atom. The SMILES string of the molecule is COc1cccc(CNC(=O)[C@]2(C/C=C/c3ccccc3)N=C(c3ccc(OCCCO)cc3)O[C@@H]2c2ccc(-c3ccccc3)cc2)c1OC. The molecule has 1 aliphatic rings. The Labute approximate surface area is 299 Å². The predicted molar refractivity (Wildman–Crippen MR) is 200 cm³/mol. The van der Waals surface area contributed by atoms with Gasteiger partial charge >= 0.3 is 0 Å². The lowest BCUT2D eigenvalue weighted by Crippen LogP contribution is -2.47. The van der Waals surface area contributed by atoms with E-state index in [1.807, 2.05) is 127 Å². The highest BCUT2D eigenvalue weighted by molar-refractivity contribution is 6.01. The maximum Gasteiger partial charge on any atom is 0.252 e. The number of carbonyl (C=O) groups is 1. The van der Waals surface area contributed by atoms with E-state index < -0.39 is 11.6 Å². The third-order valence-electron chi connectivity index (χ3n) is 8.81. The molecule has 51 heavy (non-hydrogen) atoms. The molecule has 1 aliphatic heterocycles. The van der Waals surface area contributed by atoms with Crippen molar-refractivity contribution in [3.63, 3.8) is 0 Å². The maximum absolute atomic E-state index is 14.7. The van der Waals surface area contributed by atoms with Gasteiger partial charge in [0.15, 0.2) is 23.1 Å². The Morgan fingerprint density at radius 3 is 2.20 bits per heavy atom. The molecular formula is C43H42N2O6. The first-order chi connectivity index (χ1) is 25.0. The van der Waals surface area contributed by atoms with Crippen LogP contribution in [0.15, 0.2) is 138 Å². The van der Waals surface area contributed by atoms with Crippen LogP contribution in [0, 0.1) is 0 Å². The zero-order chi connectivity index (χ0) is 35.5. The number of nitrogens with zero attached hydrogens (tertiary/aromatic N) is 1. The fourth-order valence-electron chi connectivity index (χ4n) is 6.16. The minimum Gasteiger partial charge on any atom is -0.494 e. The van der Waals surface area contributed by atoms with Crippen molar-refractivity contribution in [2.24, 2.45) is 4.99 Å². The Morgan fingerprint density at radius 1 is 0.824 bits per heavy atom. The second-order valence-electron chi connectivity index (χ2n) is 12.1. The van der Waals surface area contributed by atoms with Gasteiger partial charge in [-0.15, -0.1) is 0 Å². The number of ether oxygens (including phenoxy) is 4. The molecule has 1 amide bonds. The van der Waals surface area contributed by atoms with Crippen LogP contribution in [0.1, 0.15) is 41.2 Å². The average molecular weight is 683 g/mol. The van der Waals surface area contributed by atoms with Crippen LogP contribution in [0.3, 0.4) is 0 Å². The average Bonchev–Trinajstić information content (AvgIpc) is 3.58. The number of aliphatic imine (C=N–C) groups is 1. The normalized spacial score (nSPS) is 16.7. The van der Waals surface area contributed by atoms with E-state index in [1.54, 1.807) is 14.2 Å². The quantitative estimate of drug-likeness (QED) is 0.109. The molecule has 0 radical (unpaired) electrons. The fraction of sp³-hybridized carbons (Fsp3) is 0.209. The number of aliphatic hydroxyl groups is 1. The first-order valence-electron chi connectivity index (χ1n) is 17.0. The smallest absolute Gasteiger partial charge is 0.252 e. The summed E-state index contributed by atoms with van der Waals surface area (Å²) in [5, 5.41) is 12.3. The van der Waals surface area contributed by atoms with Crippen molar-refractivity contribution in [3.05, 3.63) is 156 Å². The maximum atomic E-state index is 14.7. The van der Waals surface area contributed by atoms with E-state index in [2.05, 4.69) is 17.4 Å². The van der Waals surface area contributed by atoms with Gasteiger partial charge < -0.3 is 29.4 Å². The summed E-state index contributed by atoms with van der Waals surface area (Å²) in [5.74, 6) is 1.87. The lowest BCUT2D eigenvalue weighted by Gasteiger charge is -2.30. The van der Waals surface area contributed by atoms with Crippen LogP contribution in [0.2, 0.25) is 0 Å². The molecule has 0 bridgehead atoms. The number of aliphatic hydroxyl groups excluding tert-OH is 1. The molecule has 1 heterocycles. The van der Waals surface area contributed by atoms with Crippen LogP contribution in [0.4, 0.5) is 0 Å². The lowest BCUT2D eigenvalue weighted by atomic mass is 9.83. The predicted octanol–water partition coefficient (Wildman–Crippen LogP) is 7.81. The Hall–Kier alpha value is -5.86. The second kappa shape index (κ2) is 16.7. The number of rotatable bonds is 15. The zero-order valence-electron chi connectivity index (χ0n) is 28.8. The molecule has 5 aromatic carbocycles.